The Bertz CT molecular complexity index is 1000. The van der Waals surface area contributed by atoms with Gasteiger partial charge in [-0.15, -0.1) is 11.3 Å². The van der Waals surface area contributed by atoms with Crippen LogP contribution in [0.2, 0.25) is 5.02 Å². The van der Waals surface area contributed by atoms with Crippen LogP contribution in [0.3, 0.4) is 0 Å². The van der Waals surface area contributed by atoms with Crippen molar-refractivity contribution in [2.24, 2.45) is 0 Å². The maximum absolute atomic E-state index is 12.8. The van der Waals surface area contributed by atoms with Crippen LogP contribution < -0.4 is 5.32 Å². The summed E-state index contributed by atoms with van der Waals surface area (Å²) < 4.78 is 26.6. The lowest BCUT2D eigenvalue weighted by Gasteiger charge is -2.32. The van der Waals surface area contributed by atoms with Crippen LogP contribution in [0.15, 0.2) is 29.7 Å². The SMILES string of the molecule is O=C(c1nc2c(s1)CNCC2)N1CCN(S(=O)(=O)C=Cc2ccc(Cl)cc2)CC1. The van der Waals surface area contributed by atoms with Crippen molar-refractivity contribution >= 4 is 44.9 Å². The molecule has 1 aromatic carbocycles. The molecule has 2 aromatic rings. The van der Waals surface area contributed by atoms with Crippen LogP contribution in [0.1, 0.15) is 25.9 Å². The van der Waals surface area contributed by atoms with Crippen molar-refractivity contribution in [3.05, 3.63) is 55.8 Å². The summed E-state index contributed by atoms with van der Waals surface area (Å²) in [7, 11) is -3.55. The average molecular weight is 453 g/mol. The molecule has 29 heavy (non-hydrogen) atoms. The highest BCUT2D eigenvalue weighted by atomic mass is 35.5. The Morgan fingerprint density at radius 2 is 1.90 bits per heavy atom. The molecule has 1 saturated heterocycles. The third-order valence-corrected chi connectivity index (χ3v) is 7.88. The van der Waals surface area contributed by atoms with Gasteiger partial charge in [-0.3, -0.25) is 4.79 Å². The van der Waals surface area contributed by atoms with E-state index in [-0.39, 0.29) is 19.0 Å². The smallest absolute Gasteiger partial charge is 0.282 e. The molecule has 0 spiro atoms. The van der Waals surface area contributed by atoms with Crippen LogP contribution in [-0.2, 0) is 23.0 Å². The summed E-state index contributed by atoms with van der Waals surface area (Å²) in [4.78, 5) is 20.1. The molecule has 1 aromatic heterocycles. The molecule has 1 fully saturated rings. The fraction of sp³-hybridized carbons (Fsp3) is 0.368. The third-order valence-electron chi connectivity index (χ3n) is 4.97. The summed E-state index contributed by atoms with van der Waals surface area (Å²) in [5, 5.41) is 5.58. The summed E-state index contributed by atoms with van der Waals surface area (Å²) >= 11 is 7.28. The van der Waals surface area contributed by atoms with Crippen LogP contribution in [-0.4, -0.2) is 61.2 Å². The van der Waals surface area contributed by atoms with Gasteiger partial charge >= 0.3 is 0 Å². The van der Waals surface area contributed by atoms with Crippen molar-refractivity contribution < 1.29 is 13.2 Å². The molecule has 7 nitrogen and oxygen atoms in total. The number of nitrogens with one attached hydrogen (secondary N) is 1. The minimum absolute atomic E-state index is 0.113. The van der Waals surface area contributed by atoms with Crippen LogP contribution in [0.4, 0.5) is 0 Å². The third kappa shape index (κ3) is 4.70. The first-order valence-electron chi connectivity index (χ1n) is 9.35. The second kappa shape index (κ2) is 8.53. The molecule has 2 aliphatic rings. The predicted octanol–water partition coefficient (Wildman–Crippen LogP) is 2.20. The molecular formula is C19H21ClN4O3S2. The molecule has 1 N–H and O–H groups in total. The first kappa shape index (κ1) is 20.5. The second-order valence-corrected chi connectivity index (χ2v) is 10.2. The number of rotatable bonds is 4. The van der Waals surface area contributed by atoms with E-state index in [2.05, 4.69) is 10.3 Å². The molecule has 0 aliphatic carbocycles. The zero-order valence-electron chi connectivity index (χ0n) is 15.7. The van der Waals surface area contributed by atoms with Crippen molar-refractivity contribution in [3.63, 3.8) is 0 Å². The molecule has 0 saturated carbocycles. The number of carbonyl (C=O) groups excluding carboxylic acids is 1. The summed E-state index contributed by atoms with van der Waals surface area (Å²) in [6.45, 7) is 2.89. The number of aromatic nitrogens is 1. The summed E-state index contributed by atoms with van der Waals surface area (Å²) in [6.07, 6.45) is 2.39. The van der Waals surface area contributed by atoms with Gasteiger partial charge in [-0.25, -0.2) is 13.4 Å². The van der Waals surface area contributed by atoms with E-state index in [0.717, 1.165) is 35.6 Å². The standard InChI is InChI=1S/C19H21ClN4O3S2/c20-15-3-1-14(2-4-15)6-12-29(26,27)24-10-8-23(9-11-24)19(25)18-22-16-5-7-21-13-17(16)28-18/h1-4,6,12,21H,5,7-11,13H2. The number of benzene rings is 1. The molecular weight excluding hydrogens is 432 g/mol. The van der Waals surface area contributed by atoms with Gasteiger partial charge in [-0.2, -0.15) is 4.31 Å². The highest BCUT2D eigenvalue weighted by molar-refractivity contribution is 7.92. The molecule has 0 atom stereocenters. The van der Waals surface area contributed by atoms with E-state index in [4.69, 9.17) is 11.6 Å². The minimum atomic E-state index is -3.55. The van der Waals surface area contributed by atoms with Gasteiger partial charge in [-0.1, -0.05) is 23.7 Å². The minimum Gasteiger partial charge on any atom is -0.334 e. The normalized spacial score (nSPS) is 18.2. The Kier molecular flexibility index (Phi) is 6.03. The quantitative estimate of drug-likeness (QED) is 0.769. The molecule has 2 aliphatic heterocycles. The Morgan fingerprint density at radius 3 is 2.59 bits per heavy atom. The van der Waals surface area contributed by atoms with E-state index in [1.165, 1.54) is 21.1 Å². The maximum atomic E-state index is 12.8. The van der Waals surface area contributed by atoms with Crippen LogP contribution in [0.25, 0.3) is 6.08 Å². The Morgan fingerprint density at radius 1 is 1.17 bits per heavy atom. The number of nitrogens with zero attached hydrogens (tertiary/aromatic N) is 3. The lowest BCUT2D eigenvalue weighted by atomic mass is 10.2. The van der Waals surface area contributed by atoms with Gasteiger partial charge < -0.3 is 10.2 Å². The monoisotopic (exact) mass is 452 g/mol. The van der Waals surface area contributed by atoms with Crippen LogP contribution >= 0.6 is 22.9 Å². The first-order valence-corrected chi connectivity index (χ1v) is 12.0. The van der Waals surface area contributed by atoms with Gasteiger partial charge in [0, 0.05) is 61.0 Å². The predicted molar refractivity (Wildman–Crippen MR) is 114 cm³/mol. The zero-order chi connectivity index (χ0) is 20.4. The number of fused-ring (bicyclic) bond motifs is 1. The van der Waals surface area contributed by atoms with Crippen LogP contribution in [0.5, 0.6) is 0 Å². The Labute approximate surface area is 179 Å². The maximum Gasteiger partial charge on any atom is 0.282 e. The van der Waals surface area contributed by atoms with Crippen molar-refractivity contribution in [2.75, 3.05) is 32.7 Å². The highest BCUT2D eigenvalue weighted by Crippen LogP contribution is 2.23. The molecule has 0 unspecified atom stereocenters. The number of hydrogen-bond donors (Lipinski definition) is 1. The number of piperazine rings is 1. The fourth-order valence-corrected chi connectivity index (χ4v) is 5.67. The largest absolute Gasteiger partial charge is 0.334 e. The van der Waals surface area contributed by atoms with Gasteiger partial charge in [-0.05, 0) is 23.8 Å². The Balaban J connectivity index is 1.37. The van der Waals surface area contributed by atoms with E-state index in [1.807, 2.05) is 0 Å². The van der Waals surface area contributed by atoms with Gasteiger partial charge in [0.05, 0.1) is 5.69 Å². The summed E-state index contributed by atoms with van der Waals surface area (Å²) in [6, 6.07) is 6.94. The number of hydrogen-bond acceptors (Lipinski definition) is 6. The summed E-state index contributed by atoms with van der Waals surface area (Å²) in [5.74, 6) is -0.113. The van der Waals surface area contributed by atoms with Crippen molar-refractivity contribution in [3.8, 4) is 0 Å². The number of halogens is 1. The fourth-order valence-electron chi connectivity index (χ4n) is 3.32. The topological polar surface area (TPSA) is 82.6 Å². The van der Waals surface area contributed by atoms with E-state index >= 15 is 0 Å². The lowest BCUT2D eigenvalue weighted by molar-refractivity contribution is 0.0698. The molecule has 0 radical (unpaired) electrons. The van der Waals surface area contributed by atoms with Gasteiger partial charge in [0.25, 0.3) is 5.91 Å². The van der Waals surface area contributed by atoms with Crippen molar-refractivity contribution in [2.45, 2.75) is 13.0 Å². The van der Waals surface area contributed by atoms with Gasteiger partial charge in [0.2, 0.25) is 10.0 Å². The molecule has 1 amide bonds. The highest BCUT2D eigenvalue weighted by Gasteiger charge is 2.29. The van der Waals surface area contributed by atoms with Gasteiger partial charge in [0.1, 0.15) is 0 Å². The zero-order valence-corrected chi connectivity index (χ0v) is 18.1. The number of amides is 1. The molecule has 4 rings (SSSR count). The van der Waals surface area contributed by atoms with Crippen molar-refractivity contribution in [1.82, 2.24) is 19.5 Å². The Hall–Kier alpha value is -1.78. The van der Waals surface area contributed by atoms with Crippen molar-refractivity contribution in [1.29, 1.82) is 0 Å². The number of thiazole rings is 1. The van der Waals surface area contributed by atoms with E-state index in [0.29, 0.717) is 23.1 Å². The van der Waals surface area contributed by atoms with E-state index in [9.17, 15) is 13.2 Å². The molecule has 154 valence electrons. The van der Waals surface area contributed by atoms with Crippen LogP contribution in [0, 0.1) is 0 Å². The molecule has 0 bridgehead atoms. The number of sulfonamides is 1. The van der Waals surface area contributed by atoms with E-state index < -0.39 is 10.0 Å². The second-order valence-electron chi connectivity index (χ2n) is 6.91. The average Bonchev–Trinajstić information content (AvgIpc) is 3.17. The number of carbonyl (C=O) groups is 1. The molecule has 10 heteroatoms. The summed E-state index contributed by atoms with van der Waals surface area (Å²) in [5.41, 5.74) is 1.76. The molecule has 3 heterocycles. The lowest BCUT2D eigenvalue weighted by Crippen LogP contribution is -2.50. The van der Waals surface area contributed by atoms with E-state index in [1.54, 1.807) is 35.2 Å². The first-order chi connectivity index (χ1) is 13.9. The van der Waals surface area contributed by atoms with Gasteiger partial charge in [0.15, 0.2) is 5.01 Å².